The van der Waals surface area contributed by atoms with Crippen molar-refractivity contribution in [3.63, 3.8) is 0 Å². The Labute approximate surface area is 233 Å². The predicted molar refractivity (Wildman–Crippen MR) is 153 cm³/mol. The lowest BCUT2D eigenvalue weighted by molar-refractivity contribution is 0.305. The number of benzene rings is 3. The molecule has 0 N–H and O–H groups in total. The third kappa shape index (κ3) is 6.42. The van der Waals surface area contributed by atoms with E-state index < -0.39 is 0 Å². The summed E-state index contributed by atoms with van der Waals surface area (Å²) in [6.45, 7) is 2.45. The summed E-state index contributed by atoms with van der Waals surface area (Å²) in [5.74, 6) is 1.22. The summed E-state index contributed by atoms with van der Waals surface area (Å²) in [6.07, 6.45) is 4.12. The van der Waals surface area contributed by atoms with Crippen molar-refractivity contribution < 1.29 is 4.74 Å². The van der Waals surface area contributed by atoms with Crippen LogP contribution in [0.1, 0.15) is 36.7 Å². The molecule has 0 saturated heterocycles. The largest absolute Gasteiger partial charge is 0.488 e. The molecule has 0 aliphatic heterocycles. The van der Waals surface area contributed by atoms with E-state index in [4.69, 9.17) is 21.3 Å². The Morgan fingerprint density at radius 3 is 2.60 bits per heavy atom. The molecule has 9 heteroatoms. The molecule has 0 amide bonds. The molecule has 0 aliphatic rings. The van der Waals surface area contributed by atoms with Crippen LogP contribution < -0.4 is 10.3 Å². The van der Waals surface area contributed by atoms with Crippen LogP contribution in [0.5, 0.6) is 5.75 Å². The van der Waals surface area contributed by atoms with Crippen LogP contribution in [-0.4, -0.2) is 15.9 Å². The average molecular weight is 683 g/mol. The van der Waals surface area contributed by atoms with E-state index in [2.05, 4.69) is 59.8 Å². The van der Waals surface area contributed by atoms with Crippen molar-refractivity contribution in [3.05, 3.63) is 100 Å². The summed E-state index contributed by atoms with van der Waals surface area (Å²) in [4.78, 5) is 18.1. The third-order valence-corrected chi connectivity index (χ3v) is 7.27. The van der Waals surface area contributed by atoms with Gasteiger partial charge < -0.3 is 4.74 Å². The van der Waals surface area contributed by atoms with Gasteiger partial charge >= 0.3 is 0 Å². The van der Waals surface area contributed by atoms with E-state index in [-0.39, 0.29) is 5.56 Å². The highest BCUT2D eigenvalue weighted by atomic mass is 79.9. The number of rotatable bonds is 8. The van der Waals surface area contributed by atoms with E-state index in [0.29, 0.717) is 46.1 Å². The van der Waals surface area contributed by atoms with Gasteiger partial charge in [0.2, 0.25) is 0 Å². The Morgan fingerprint density at radius 2 is 1.83 bits per heavy atom. The van der Waals surface area contributed by atoms with Crippen LogP contribution in [0.15, 0.2) is 77.9 Å². The fourth-order valence-corrected chi connectivity index (χ4v) is 5.18. The zero-order chi connectivity index (χ0) is 24.9. The summed E-state index contributed by atoms with van der Waals surface area (Å²) < 4.78 is 10.2. The van der Waals surface area contributed by atoms with E-state index in [1.54, 1.807) is 30.5 Å². The minimum Gasteiger partial charge on any atom is -0.488 e. The molecular formula is C26H21Br3ClN3O2. The first kappa shape index (κ1) is 26.1. The number of halogens is 4. The lowest BCUT2D eigenvalue weighted by Crippen LogP contribution is -2.22. The fourth-order valence-electron chi connectivity index (χ4n) is 3.48. The molecule has 1 aromatic heterocycles. The fraction of sp³-hybridized carbons (Fsp3) is 0.192. The van der Waals surface area contributed by atoms with Crippen LogP contribution in [0.3, 0.4) is 0 Å². The van der Waals surface area contributed by atoms with Gasteiger partial charge in [-0.15, -0.1) is 0 Å². The second-order valence-corrected chi connectivity index (χ2v) is 11.0. The second kappa shape index (κ2) is 11.8. The number of aromatic nitrogens is 2. The third-order valence-electron chi connectivity index (χ3n) is 5.31. The molecule has 3 aromatic carbocycles. The van der Waals surface area contributed by atoms with Crippen LogP contribution in [0.25, 0.3) is 10.9 Å². The van der Waals surface area contributed by atoms with Crippen molar-refractivity contribution in [2.45, 2.75) is 32.8 Å². The smallest absolute Gasteiger partial charge is 0.282 e. The number of fused-ring (bicyclic) bond motifs is 1. The maximum Gasteiger partial charge on any atom is 0.282 e. The number of hydrogen-bond donors (Lipinski definition) is 0. The Balaban J connectivity index is 1.71. The first-order valence-corrected chi connectivity index (χ1v) is 13.7. The topological polar surface area (TPSA) is 56.5 Å². The number of aryl methyl sites for hydroxylation is 1. The van der Waals surface area contributed by atoms with Crippen molar-refractivity contribution >= 4 is 76.5 Å². The maximum absolute atomic E-state index is 13.3. The van der Waals surface area contributed by atoms with Crippen molar-refractivity contribution in [3.8, 4) is 5.75 Å². The van der Waals surface area contributed by atoms with Gasteiger partial charge in [-0.1, -0.05) is 78.8 Å². The Kier molecular flexibility index (Phi) is 8.81. The quantitative estimate of drug-likeness (QED) is 0.177. The highest BCUT2D eigenvalue weighted by Gasteiger charge is 2.12. The number of nitrogens with zero attached hydrogens (tertiary/aromatic N) is 3. The predicted octanol–water partition coefficient (Wildman–Crippen LogP) is 8.14. The molecule has 0 fully saturated rings. The summed E-state index contributed by atoms with van der Waals surface area (Å²) >= 11 is 16.7. The van der Waals surface area contributed by atoms with Crippen LogP contribution in [0.4, 0.5) is 0 Å². The van der Waals surface area contributed by atoms with Gasteiger partial charge in [0.15, 0.2) is 0 Å². The first-order chi connectivity index (χ1) is 16.9. The zero-order valence-electron chi connectivity index (χ0n) is 18.8. The lowest BCUT2D eigenvalue weighted by atomic mass is 10.2. The lowest BCUT2D eigenvalue weighted by Gasteiger charge is -2.12. The standard InChI is InChI=1S/C26H21Br3ClN3O2/c1-2-3-4-25-32-23-9-7-18(27)12-21(23)26(34)33(25)31-14-17-11-20(30)8-10-24(17)35-15-16-5-6-19(28)13-22(16)29/h5-14H,2-4,15H2,1H3. The summed E-state index contributed by atoms with van der Waals surface area (Å²) in [5, 5.41) is 5.59. The SMILES string of the molecule is CCCCc1nc2ccc(Br)cc2c(=O)n1N=Cc1cc(Cl)ccc1OCc1ccc(Br)cc1Br. The van der Waals surface area contributed by atoms with Crippen LogP contribution in [0, 0.1) is 0 Å². The van der Waals surface area contributed by atoms with Gasteiger partial charge in [0, 0.05) is 36.0 Å². The van der Waals surface area contributed by atoms with Crippen molar-refractivity contribution in [2.75, 3.05) is 0 Å². The van der Waals surface area contributed by atoms with Crippen molar-refractivity contribution in [2.24, 2.45) is 5.10 Å². The molecule has 5 nitrogen and oxygen atoms in total. The summed E-state index contributed by atoms with van der Waals surface area (Å²) in [7, 11) is 0. The molecule has 0 radical (unpaired) electrons. The normalized spacial score (nSPS) is 11.5. The van der Waals surface area contributed by atoms with Crippen molar-refractivity contribution in [1.29, 1.82) is 0 Å². The molecule has 0 bridgehead atoms. The Bertz CT molecular complexity index is 1470. The molecule has 0 saturated carbocycles. The second-order valence-electron chi connectivity index (χ2n) is 7.86. The van der Waals surface area contributed by atoms with Gasteiger partial charge in [0.05, 0.1) is 17.1 Å². The van der Waals surface area contributed by atoms with Gasteiger partial charge in [-0.05, 0) is 55.0 Å². The highest BCUT2D eigenvalue weighted by molar-refractivity contribution is 9.11. The Hall–Kier alpha value is -2.00. The van der Waals surface area contributed by atoms with E-state index in [1.165, 1.54) is 4.68 Å². The monoisotopic (exact) mass is 679 g/mol. The minimum atomic E-state index is -0.220. The van der Waals surface area contributed by atoms with E-state index in [1.807, 2.05) is 30.3 Å². The van der Waals surface area contributed by atoms with E-state index >= 15 is 0 Å². The molecule has 0 atom stereocenters. The average Bonchev–Trinajstić information content (AvgIpc) is 2.83. The molecule has 35 heavy (non-hydrogen) atoms. The summed E-state index contributed by atoms with van der Waals surface area (Å²) in [5.41, 5.74) is 2.09. The van der Waals surface area contributed by atoms with Crippen molar-refractivity contribution in [1.82, 2.24) is 9.66 Å². The summed E-state index contributed by atoms with van der Waals surface area (Å²) in [6, 6.07) is 16.7. The Morgan fingerprint density at radius 1 is 1.06 bits per heavy atom. The van der Waals surface area contributed by atoms with Gasteiger partial charge in [-0.3, -0.25) is 4.79 Å². The number of unbranched alkanes of at least 4 members (excludes halogenated alkanes) is 1. The van der Waals surface area contributed by atoms with Gasteiger partial charge in [0.1, 0.15) is 18.2 Å². The molecule has 4 aromatic rings. The first-order valence-electron chi connectivity index (χ1n) is 11.0. The number of ether oxygens (including phenoxy) is 1. The number of hydrogen-bond acceptors (Lipinski definition) is 4. The van der Waals surface area contributed by atoms with E-state index in [9.17, 15) is 4.79 Å². The molecule has 4 rings (SSSR count). The van der Waals surface area contributed by atoms with Crippen LogP contribution in [0.2, 0.25) is 5.02 Å². The van der Waals surface area contributed by atoms with Gasteiger partial charge in [0.25, 0.3) is 5.56 Å². The van der Waals surface area contributed by atoms with Gasteiger partial charge in [-0.2, -0.15) is 9.78 Å². The molecule has 0 unspecified atom stereocenters. The molecule has 180 valence electrons. The van der Waals surface area contributed by atoms with E-state index in [0.717, 1.165) is 31.8 Å². The molecular weight excluding hydrogens is 661 g/mol. The molecule has 1 heterocycles. The minimum absolute atomic E-state index is 0.220. The maximum atomic E-state index is 13.3. The zero-order valence-corrected chi connectivity index (χ0v) is 24.3. The van der Waals surface area contributed by atoms with Crippen LogP contribution >= 0.6 is 59.4 Å². The molecule has 0 spiro atoms. The van der Waals surface area contributed by atoms with Gasteiger partial charge in [-0.25, -0.2) is 4.98 Å². The molecule has 0 aliphatic carbocycles. The highest BCUT2D eigenvalue weighted by Crippen LogP contribution is 2.26. The van der Waals surface area contributed by atoms with Crippen LogP contribution in [-0.2, 0) is 13.0 Å².